The van der Waals surface area contributed by atoms with Crippen LogP contribution < -0.4 is 10.6 Å². The Labute approximate surface area is 116 Å². The molecule has 2 rings (SSSR count). The smallest absolute Gasteiger partial charge is 0.132 e. The Balaban J connectivity index is 2.00. The molecule has 19 heavy (non-hydrogen) atoms. The Kier molecular flexibility index (Phi) is 4.61. The van der Waals surface area contributed by atoms with Crippen molar-refractivity contribution in [2.24, 2.45) is 5.41 Å². The van der Waals surface area contributed by atoms with Gasteiger partial charge in [-0.25, -0.2) is 9.97 Å². The SMILES string of the molecule is CCCC1(CNc2cc(NCC)nc(CC)n2)CC1. The van der Waals surface area contributed by atoms with E-state index in [0.717, 1.165) is 37.0 Å². The standard InChI is InChI=1S/C15H26N4/c1-4-7-15(8-9-15)11-17-14-10-13(16-6-3)18-12(5-2)19-14/h10H,4-9,11H2,1-3H3,(H2,16,17,18,19). The Morgan fingerprint density at radius 2 is 1.79 bits per heavy atom. The van der Waals surface area contributed by atoms with Crippen molar-refractivity contribution in [2.75, 3.05) is 23.7 Å². The van der Waals surface area contributed by atoms with E-state index in [1.54, 1.807) is 0 Å². The third-order valence-electron chi connectivity index (χ3n) is 3.83. The lowest BCUT2D eigenvalue weighted by molar-refractivity contribution is 0.485. The van der Waals surface area contributed by atoms with Crippen LogP contribution in [-0.4, -0.2) is 23.1 Å². The molecule has 0 atom stereocenters. The summed E-state index contributed by atoms with van der Waals surface area (Å²) in [5.74, 6) is 2.80. The molecule has 2 N–H and O–H groups in total. The fourth-order valence-electron chi connectivity index (χ4n) is 2.52. The second-order valence-corrected chi connectivity index (χ2v) is 5.54. The molecule has 4 nitrogen and oxygen atoms in total. The summed E-state index contributed by atoms with van der Waals surface area (Å²) in [6.45, 7) is 8.38. The van der Waals surface area contributed by atoms with Gasteiger partial charge in [0, 0.05) is 25.6 Å². The van der Waals surface area contributed by atoms with Crippen molar-refractivity contribution in [1.82, 2.24) is 9.97 Å². The van der Waals surface area contributed by atoms with Gasteiger partial charge in [-0.2, -0.15) is 0 Å². The minimum absolute atomic E-state index is 0.546. The van der Waals surface area contributed by atoms with Crippen molar-refractivity contribution < 1.29 is 0 Å². The van der Waals surface area contributed by atoms with E-state index in [1.165, 1.54) is 25.7 Å². The van der Waals surface area contributed by atoms with Gasteiger partial charge in [-0.15, -0.1) is 0 Å². The summed E-state index contributed by atoms with van der Waals surface area (Å²) >= 11 is 0. The third kappa shape index (κ3) is 3.82. The molecule has 0 amide bonds. The topological polar surface area (TPSA) is 49.8 Å². The van der Waals surface area contributed by atoms with Crippen LogP contribution in [0.5, 0.6) is 0 Å². The molecule has 1 aromatic rings. The van der Waals surface area contributed by atoms with Crippen molar-refractivity contribution in [3.8, 4) is 0 Å². The molecule has 0 aliphatic heterocycles. The maximum atomic E-state index is 4.56. The summed E-state index contributed by atoms with van der Waals surface area (Å²) in [6.07, 6.45) is 6.19. The number of anilines is 2. The number of rotatable bonds is 8. The molecule has 1 saturated carbocycles. The van der Waals surface area contributed by atoms with Crippen molar-refractivity contribution in [2.45, 2.75) is 52.9 Å². The van der Waals surface area contributed by atoms with Crippen LogP contribution in [0.4, 0.5) is 11.6 Å². The van der Waals surface area contributed by atoms with E-state index in [0.29, 0.717) is 5.41 Å². The normalized spacial score (nSPS) is 16.2. The van der Waals surface area contributed by atoms with Crippen LogP contribution in [0.1, 0.15) is 52.3 Å². The molecular weight excluding hydrogens is 236 g/mol. The van der Waals surface area contributed by atoms with Gasteiger partial charge < -0.3 is 10.6 Å². The monoisotopic (exact) mass is 262 g/mol. The minimum atomic E-state index is 0.546. The van der Waals surface area contributed by atoms with Crippen molar-refractivity contribution in [3.63, 3.8) is 0 Å². The molecular formula is C15H26N4. The van der Waals surface area contributed by atoms with Crippen LogP contribution in [0.2, 0.25) is 0 Å². The van der Waals surface area contributed by atoms with Gasteiger partial charge in [0.25, 0.3) is 0 Å². The zero-order valence-corrected chi connectivity index (χ0v) is 12.4. The summed E-state index contributed by atoms with van der Waals surface area (Å²) in [7, 11) is 0. The van der Waals surface area contributed by atoms with Gasteiger partial charge in [0.2, 0.25) is 0 Å². The predicted octanol–water partition coefficient (Wildman–Crippen LogP) is 3.46. The van der Waals surface area contributed by atoms with Crippen LogP contribution >= 0.6 is 0 Å². The van der Waals surface area contributed by atoms with E-state index >= 15 is 0 Å². The van der Waals surface area contributed by atoms with Crippen LogP contribution in [-0.2, 0) is 6.42 Å². The largest absolute Gasteiger partial charge is 0.370 e. The highest BCUT2D eigenvalue weighted by Gasteiger charge is 2.41. The number of aromatic nitrogens is 2. The van der Waals surface area contributed by atoms with Gasteiger partial charge >= 0.3 is 0 Å². The highest BCUT2D eigenvalue weighted by Crippen LogP contribution is 2.49. The van der Waals surface area contributed by atoms with E-state index in [9.17, 15) is 0 Å². The number of nitrogens with one attached hydrogen (secondary N) is 2. The molecule has 1 aliphatic carbocycles. The van der Waals surface area contributed by atoms with Crippen molar-refractivity contribution in [1.29, 1.82) is 0 Å². The molecule has 4 heteroatoms. The first kappa shape index (κ1) is 14.1. The van der Waals surface area contributed by atoms with Gasteiger partial charge in [0.1, 0.15) is 17.5 Å². The highest BCUT2D eigenvalue weighted by atomic mass is 15.1. The van der Waals surface area contributed by atoms with Crippen LogP contribution in [0.15, 0.2) is 6.07 Å². The van der Waals surface area contributed by atoms with Gasteiger partial charge in [-0.1, -0.05) is 20.3 Å². The Morgan fingerprint density at radius 1 is 1.11 bits per heavy atom. The molecule has 1 aromatic heterocycles. The summed E-state index contributed by atoms with van der Waals surface area (Å²) in [5.41, 5.74) is 0.546. The molecule has 1 aliphatic rings. The quantitative estimate of drug-likeness (QED) is 0.753. The predicted molar refractivity (Wildman–Crippen MR) is 80.6 cm³/mol. The Bertz CT molecular complexity index is 413. The average Bonchev–Trinajstić information content (AvgIpc) is 3.17. The number of aryl methyl sites for hydroxylation is 1. The Morgan fingerprint density at radius 3 is 2.32 bits per heavy atom. The average molecular weight is 262 g/mol. The van der Waals surface area contributed by atoms with E-state index in [4.69, 9.17) is 0 Å². The molecule has 106 valence electrons. The van der Waals surface area contributed by atoms with E-state index in [1.807, 2.05) is 6.07 Å². The first-order valence-electron chi connectivity index (χ1n) is 7.57. The maximum absolute atomic E-state index is 4.56. The maximum Gasteiger partial charge on any atom is 0.132 e. The lowest BCUT2D eigenvalue weighted by Gasteiger charge is -2.16. The number of nitrogens with zero attached hydrogens (tertiary/aromatic N) is 2. The second-order valence-electron chi connectivity index (χ2n) is 5.54. The summed E-state index contributed by atoms with van der Waals surface area (Å²) in [6, 6.07) is 2.02. The summed E-state index contributed by atoms with van der Waals surface area (Å²) in [4.78, 5) is 9.04. The molecule has 1 fully saturated rings. The minimum Gasteiger partial charge on any atom is -0.370 e. The summed E-state index contributed by atoms with van der Waals surface area (Å²) in [5, 5.41) is 6.78. The van der Waals surface area contributed by atoms with Crippen molar-refractivity contribution in [3.05, 3.63) is 11.9 Å². The lowest BCUT2D eigenvalue weighted by Crippen LogP contribution is -2.17. The van der Waals surface area contributed by atoms with Crippen molar-refractivity contribution >= 4 is 11.6 Å². The van der Waals surface area contributed by atoms with E-state index in [2.05, 4.69) is 41.4 Å². The van der Waals surface area contributed by atoms with Crippen LogP contribution in [0.25, 0.3) is 0 Å². The first-order chi connectivity index (χ1) is 9.21. The van der Waals surface area contributed by atoms with E-state index < -0.39 is 0 Å². The summed E-state index contributed by atoms with van der Waals surface area (Å²) < 4.78 is 0. The lowest BCUT2D eigenvalue weighted by atomic mass is 10.0. The molecule has 0 bridgehead atoms. The fourth-order valence-corrected chi connectivity index (χ4v) is 2.52. The van der Waals surface area contributed by atoms with Crippen LogP contribution in [0, 0.1) is 5.41 Å². The second kappa shape index (κ2) is 6.22. The molecule has 0 unspecified atom stereocenters. The molecule has 1 heterocycles. The zero-order valence-electron chi connectivity index (χ0n) is 12.4. The molecule has 0 radical (unpaired) electrons. The Hall–Kier alpha value is -1.32. The third-order valence-corrected chi connectivity index (χ3v) is 3.83. The number of hydrogen-bond donors (Lipinski definition) is 2. The first-order valence-corrected chi connectivity index (χ1v) is 7.57. The van der Waals surface area contributed by atoms with Gasteiger partial charge in [0.15, 0.2) is 0 Å². The zero-order chi connectivity index (χ0) is 13.7. The van der Waals surface area contributed by atoms with Crippen LogP contribution in [0.3, 0.4) is 0 Å². The van der Waals surface area contributed by atoms with Gasteiger partial charge in [-0.3, -0.25) is 0 Å². The highest BCUT2D eigenvalue weighted by molar-refractivity contribution is 5.47. The van der Waals surface area contributed by atoms with Gasteiger partial charge in [-0.05, 0) is 31.6 Å². The van der Waals surface area contributed by atoms with E-state index in [-0.39, 0.29) is 0 Å². The molecule has 0 spiro atoms. The molecule has 0 saturated heterocycles. The fraction of sp³-hybridized carbons (Fsp3) is 0.733. The molecule has 0 aromatic carbocycles. The number of hydrogen-bond acceptors (Lipinski definition) is 4. The van der Waals surface area contributed by atoms with Gasteiger partial charge in [0.05, 0.1) is 0 Å².